The minimum Gasteiger partial charge on any atom is -0.380 e. The zero-order valence-corrected chi connectivity index (χ0v) is 11.1. The maximum absolute atomic E-state index is 11.8. The summed E-state index contributed by atoms with van der Waals surface area (Å²) >= 11 is 0. The molecule has 0 aromatic heterocycles. The van der Waals surface area contributed by atoms with Gasteiger partial charge in [0, 0.05) is 25.4 Å². The second-order valence-corrected chi connectivity index (χ2v) is 3.78. The third-order valence-electron chi connectivity index (χ3n) is 2.46. The number of benzene rings is 1. The fraction of sp³-hybridized carbons (Fsp3) is 0.417. The molecule has 1 aromatic rings. The fourth-order valence-electron chi connectivity index (χ4n) is 1.53. The van der Waals surface area contributed by atoms with Gasteiger partial charge in [-0.15, -0.1) is 0 Å². The van der Waals surface area contributed by atoms with Crippen LogP contribution in [0, 0.1) is 6.92 Å². The molecule has 1 N–H and O–H groups in total. The Balaban J connectivity index is 2.90. The van der Waals surface area contributed by atoms with Crippen LogP contribution >= 0.6 is 0 Å². The standard InChI is InChI=1S/C12H18N4O2/c1-9-6-5-7-11(10(9)8-18-4)14-12(17)16(3)15-13-2/h5-7H,8H2,1-4H3,(H,14,17). The van der Waals surface area contributed by atoms with Crippen molar-refractivity contribution in [3.05, 3.63) is 29.3 Å². The molecule has 0 saturated heterocycles. The molecule has 0 fully saturated rings. The zero-order valence-electron chi connectivity index (χ0n) is 11.1. The van der Waals surface area contributed by atoms with Gasteiger partial charge in [-0.25, -0.2) is 4.79 Å². The van der Waals surface area contributed by atoms with Crippen LogP contribution in [0.25, 0.3) is 0 Å². The molecule has 18 heavy (non-hydrogen) atoms. The number of amides is 2. The summed E-state index contributed by atoms with van der Waals surface area (Å²) in [6, 6.07) is 5.34. The Bertz CT molecular complexity index is 446. The van der Waals surface area contributed by atoms with E-state index < -0.39 is 0 Å². The van der Waals surface area contributed by atoms with Gasteiger partial charge in [0.25, 0.3) is 0 Å². The number of nitrogens with one attached hydrogen (secondary N) is 1. The lowest BCUT2D eigenvalue weighted by Gasteiger charge is -2.15. The van der Waals surface area contributed by atoms with E-state index in [0.717, 1.165) is 21.8 Å². The van der Waals surface area contributed by atoms with E-state index in [0.29, 0.717) is 6.61 Å². The van der Waals surface area contributed by atoms with E-state index in [2.05, 4.69) is 15.7 Å². The normalized spacial score (nSPS) is 10.7. The number of hydrogen-bond donors (Lipinski definition) is 1. The van der Waals surface area contributed by atoms with Crippen molar-refractivity contribution in [2.24, 2.45) is 10.3 Å². The van der Waals surface area contributed by atoms with E-state index in [9.17, 15) is 4.79 Å². The molecule has 0 saturated carbocycles. The van der Waals surface area contributed by atoms with Crippen LogP contribution in [-0.4, -0.2) is 32.2 Å². The first-order chi connectivity index (χ1) is 8.60. The van der Waals surface area contributed by atoms with Crippen molar-refractivity contribution in [3.63, 3.8) is 0 Å². The number of hydrogen-bond acceptors (Lipinski definition) is 4. The van der Waals surface area contributed by atoms with Crippen molar-refractivity contribution >= 4 is 11.7 Å². The second kappa shape index (κ2) is 6.70. The lowest BCUT2D eigenvalue weighted by atomic mass is 10.1. The van der Waals surface area contributed by atoms with Gasteiger partial charge in [0.1, 0.15) is 0 Å². The van der Waals surface area contributed by atoms with Crippen molar-refractivity contribution in [3.8, 4) is 0 Å². The van der Waals surface area contributed by atoms with Gasteiger partial charge >= 0.3 is 6.03 Å². The van der Waals surface area contributed by atoms with Crippen molar-refractivity contribution in [2.75, 3.05) is 26.5 Å². The largest absolute Gasteiger partial charge is 0.380 e. The van der Waals surface area contributed by atoms with Crippen LogP contribution < -0.4 is 5.32 Å². The smallest absolute Gasteiger partial charge is 0.343 e. The van der Waals surface area contributed by atoms with Crippen LogP contribution in [0.3, 0.4) is 0 Å². The maximum Gasteiger partial charge on any atom is 0.343 e. The lowest BCUT2D eigenvalue weighted by molar-refractivity contribution is 0.184. The van der Waals surface area contributed by atoms with Crippen LogP contribution in [0.1, 0.15) is 11.1 Å². The van der Waals surface area contributed by atoms with Crippen molar-refractivity contribution < 1.29 is 9.53 Å². The minimum absolute atomic E-state index is 0.344. The summed E-state index contributed by atoms with van der Waals surface area (Å²) in [7, 11) is 4.66. The zero-order chi connectivity index (χ0) is 13.5. The second-order valence-electron chi connectivity index (χ2n) is 3.78. The molecule has 98 valence electrons. The Hall–Kier alpha value is -1.95. The van der Waals surface area contributed by atoms with Crippen LogP contribution in [0.2, 0.25) is 0 Å². The molecule has 2 amide bonds. The third kappa shape index (κ3) is 3.53. The average molecular weight is 250 g/mol. The summed E-state index contributed by atoms with van der Waals surface area (Å²) in [5, 5.41) is 11.1. The lowest BCUT2D eigenvalue weighted by Crippen LogP contribution is -2.27. The summed E-state index contributed by atoms with van der Waals surface area (Å²) < 4.78 is 5.13. The average Bonchev–Trinajstić information content (AvgIpc) is 2.34. The molecule has 6 nitrogen and oxygen atoms in total. The molecule has 0 aliphatic carbocycles. The monoisotopic (exact) mass is 250 g/mol. The van der Waals surface area contributed by atoms with Gasteiger partial charge in [0.05, 0.1) is 13.7 Å². The fourth-order valence-corrected chi connectivity index (χ4v) is 1.53. The molecule has 0 radical (unpaired) electrons. The number of anilines is 1. The van der Waals surface area contributed by atoms with Crippen LogP contribution in [0.5, 0.6) is 0 Å². The van der Waals surface area contributed by atoms with Gasteiger partial charge in [-0.3, -0.25) is 0 Å². The van der Waals surface area contributed by atoms with Gasteiger partial charge in [0.2, 0.25) is 0 Å². The maximum atomic E-state index is 11.8. The van der Waals surface area contributed by atoms with E-state index in [1.54, 1.807) is 7.11 Å². The molecule has 0 bridgehead atoms. The Morgan fingerprint density at radius 3 is 2.83 bits per heavy atom. The molecule has 0 heterocycles. The molecule has 0 unspecified atom stereocenters. The number of rotatable bonds is 4. The number of ether oxygens (including phenoxy) is 1. The highest BCUT2D eigenvalue weighted by molar-refractivity contribution is 5.89. The minimum atomic E-state index is -0.344. The molecule has 0 atom stereocenters. The van der Waals surface area contributed by atoms with Crippen LogP contribution in [0.4, 0.5) is 10.5 Å². The van der Waals surface area contributed by atoms with Gasteiger partial charge in [0.15, 0.2) is 0 Å². The molecule has 1 rings (SSSR count). The molecule has 0 aliphatic heterocycles. The molecule has 6 heteroatoms. The molecule has 0 spiro atoms. The van der Waals surface area contributed by atoms with E-state index in [1.165, 1.54) is 14.1 Å². The first kappa shape index (κ1) is 14.1. The molecular weight excluding hydrogens is 232 g/mol. The number of methoxy groups -OCH3 is 1. The quantitative estimate of drug-likeness (QED) is 0.659. The molecule has 1 aromatic carbocycles. The Morgan fingerprint density at radius 2 is 2.22 bits per heavy atom. The SMILES string of the molecule is CN=NN(C)C(=O)Nc1cccc(C)c1COC. The highest BCUT2D eigenvalue weighted by atomic mass is 16.5. The topological polar surface area (TPSA) is 66.3 Å². The van der Waals surface area contributed by atoms with E-state index in [-0.39, 0.29) is 6.03 Å². The van der Waals surface area contributed by atoms with E-state index >= 15 is 0 Å². The summed E-state index contributed by atoms with van der Waals surface area (Å²) in [6.07, 6.45) is 0. The predicted molar refractivity (Wildman–Crippen MR) is 69.5 cm³/mol. The first-order valence-electron chi connectivity index (χ1n) is 5.52. The van der Waals surface area contributed by atoms with E-state index in [4.69, 9.17) is 4.74 Å². The van der Waals surface area contributed by atoms with E-state index in [1.807, 2.05) is 25.1 Å². The Morgan fingerprint density at radius 1 is 1.50 bits per heavy atom. The van der Waals surface area contributed by atoms with Crippen molar-refractivity contribution in [2.45, 2.75) is 13.5 Å². The molecular formula is C12H18N4O2. The highest BCUT2D eigenvalue weighted by Gasteiger charge is 2.11. The van der Waals surface area contributed by atoms with Crippen molar-refractivity contribution in [1.82, 2.24) is 5.01 Å². The summed E-state index contributed by atoms with van der Waals surface area (Å²) in [5.74, 6) is 0. The first-order valence-corrected chi connectivity index (χ1v) is 5.52. The van der Waals surface area contributed by atoms with Gasteiger partial charge in [-0.2, -0.15) is 10.1 Å². The summed E-state index contributed by atoms with van der Waals surface area (Å²) in [6.45, 7) is 2.42. The summed E-state index contributed by atoms with van der Waals surface area (Å²) in [4.78, 5) is 11.8. The van der Waals surface area contributed by atoms with Gasteiger partial charge in [-0.1, -0.05) is 17.4 Å². The number of carbonyl (C=O) groups excluding carboxylic acids is 1. The number of aryl methyl sites for hydroxylation is 1. The Labute approximate surface area is 107 Å². The van der Waals surface area contributed by atoms with Gasteiger partial charge in [-0.05, 0) is 18.6 Å². The summed E-state index contributed by atoms with van der Waals surface area (Å²) in [5.41, 5.74) is 2.74. The molecule has 0 aliphatic rings. The van der Waals surface area contributed by atoms with Crippen molar-refractivity contribution in [1.29, 1.82) is 0 Å². The van der Waals surface area contributed by atoms with Crippen LogP contribution in [-0.2, 0) is 11.3 Å². The Kier molecular flexibility index (Phi) is 5.26. The number of urea groups is 1. The number of carbonyl (C=O) groups is 1. The highest BCUT2D eigenvalue weighted by Crippen LogP contribution is 2.20. The third-order valence-corrected chi connectivity index (χ3v) is 2.46. The van der Waals surface area contributed by atoms with Gasteiger partial charge < -0.3 is 10.1 Å². The number of nitrogens with zero attached hydrogens (tertiary/aromatic N) is 3. The van der Waals surface area contributed by atoms with Crippen LogP contribution in [0.15, 0.2) is 28.5 Å². The predicted octanol–water partition coefficient (Wildman–Crippen LogP) is 2.60.